The summed E-state index contributed by atoms with van der Waals surface area (Å²) in [6.45, 7) is 2.49. The van der Waals surface area contributed by atoms with E-state index < -0.39 is 0 Å². The molecule has 0 fully saturated rings. The molecular weight excluding hydrogens is 306 g/mol. The van der Waals surface area contributed by atoms with Crippen LogP contribution in [0.4, 0.5) is 0 Å². The molecule has 0 saturated heterocycles. The number of carbonyl (C=O) groups excluding carboxylic acids is 1. The number of hydrogen-bond donors (Lipinski definition) is 0. The summed E-state index contributed by atoms with van der Waals surface area (Å²) < 4.78 is 0. The zero-order valence-electron chi connectivity index (χ0n) is 11.7. The van der Waals surface area contributed by atoms with Gasteiger partial charge in [-0.2, -0.15) is 0 Å². The van der Waals surface area contributed by atoms with Crippen LogP contribution in [0.15, 0.2) is 35.7 Å². The minimum absolute atomic E-state index is 0.121. The van der Waals surface area contributed by atoms with Crippen LogP contribution in [0, 0.1) is 0 Å². The highest BCUT2D eigenvalue weighted by Crippen LogP contribution is 2.40. The van der Waals surface area contributed by atoms with Crippen LogP contribution in [0.25, 0.3) is 0 Å². The van der Waals surface area contributed by atoms with Crippen molar-refractivity contribution >= 4 is 28.9 Å². The van der Waals surface area contributed by atoms with E-state index in [4.69, 9.17) is 16.4 Å². The van der Waals surface area contributed by atoms with Gasteiger partial charge in [-0.3, -0.25) is 4.79 Å². The smallest absolute Gasteiger partial charge is 0.324 e. The van der Waals surface area contributed by atoms with E-state index in [1.54, 1.807) is 23.3 Å². The van der Waals surface area contributed by atoms with Gasteiger partial charge < -0.3 is 4.84 Å². The molecule has 1 aromatic heterocycles. The standard InChI is InChI=1S/C16H16ClNO2S/c1-2-15(19)20-18-9-7-14-12(8-10-21-14)16(18)11-5-3-4-6-13(11)17/h3-6,8,10,16H,2,7,9H2,1H3. The highest BCUT2D eigenvalue weighted by atomic mass is 35.5. The lowest BCUT2D eigenvalue weighted by Gasteiger charge is -2.34. The van der Waals surface area contributed by atoms with Crippen LogP contribution in [0.3, 0.4) is 0 Å². The van der Waals surface area contributed by atoms with E-state index in [1.165, 1.54) is 10.4 Å². The van der Waals surface area contributed by atoms with Crippen LogP contribution < -0.4 is 0 Å². The van der Waals surface area contributed by atoms with Crippen molar-refractivity contribution in [3.63, 3.8) is 0 Å². The summed E-state index contributed by atoms with van der Waals surface area (Å²) >= 11 is 8.11. The predicted octanol–water partition coefficient (Wildman–Crippen LogP) is 4.22. The molecule has 1 aromatic carbocycles. The number of carbonyl (C=O) groups is 1. The van der Waals surface area contributed by atoms with Gasteiger partial charge in [-0.15, -0.1) is 16.4 Å². The lowest BCUT2D eigenvalue weighted by Crippen LogP contribution is -2.37. The quantitative estimate of drug-likeness (QED) is 0.847. The Kier molecular flexibility index (Phi) is 4.29. The number of rotatable bonds is 3. The molecule has 110 valence electrons. The predicted molar refractivity (Wildman–Crippen MR) is 84.4 cm³/mol. The highest BCUT2D eigenvalue weighted by Gasteiger charge is 2.33. The van der Waals surface area contributed by atoms with Crippen molar-refractivity contribution < 1.29 is 9.63 Å². The number of nitrogens with zero attached hydrogens (tertiary/aromatic N) is 1. The van der Waals surface area contributed by atoms with Crippen LogP contribution in [0.5, 0.6) is 0 Å². The molecule has 1 unspecified atom stereocenters. The molecule has 3 nitrogen and oxygen atoms in total. The normalized spacial score (nSPS) is 18.3. The van der Waals surface area contributed by atoms with Gasteiger partial charge in [0.2, 0.25) is 0 Å². The fraction of sp³-hybridized carbons (Fsp3) is 0.312. The first kappa shape index (κ1) is 14.6. The first-order valence-electron chi connectivity index (χ1n) is 6.98. The molecule has 0 spiro atoms. The second-order valence-corrected chi connectivity index (χ2v) is 6.34. The van der Waals surface area contributed by atoms with E-state index in [0.717, 1.165) is 12.0 Å². The van der Waals surface area contributed by atoms with Crippen LogP contribution in [0.1, 0.15) is 35.4 Å². The van der Waals surface area contributed by atoms with Crippen molar-refractivity contribution in [2.24, 2.45) is 0 Å². The highest BCUT2D eigenvalue weighted by molar-refractivity contribution is 7.10. The minimum atomic E-state index is -0.217. The van der Waals surface area contributed by atoms with Gasteiger partial charge in [0, 0.05) is 22.9 Å². The minimum Gasteiger partial charge on any atom is -0.367 e. The molecule has 0 bridgehead atoms. The van der Waals surface area contributed by atoms with Gasteiger partial charge in [0.1, 0.15) is 0 Å². The average Bonchev–Trinajstić information content (AvgIpc) is 2.96. The number of hydrogen-bond acceptors (Lipinski definition) is 4. The van der Waals surface area contributed by atoms with Crippen molar-refractivity contribution in [2.45, 2.75) is 25.8 Å². The number of halogens is 1. The molecule has 21 heavy (non-hydrogen) atoms. The van der Waals surface area contributed by atoms with Crippen LogP contribution >= 0.6 is 22.9 Å². The first-order valence-corrected chi connectivity index (χ1v) is 8.24. The van der Waals surface area contributed by atoms with Gasteiger partial charge >= 0.3 is 5.97 Å². The van der Waals surface area contributed by atoms with E-state index in [0.29, 0.717) is 18.0 Å². The molecule has 0 radical (unpaired) electrons. The maximum atomic E-state index is 11.7. The SMILES string of the molecule is CCC(=O)ON1CCc2sccc2C1c1ccccc1Cl. The van der Waals surface area contributed by atoms with Crippen LogP contribution in [-0.4, -0.2) is 17.6 Å². The molecule has 2 aromatic rings. The van der Waals surface area contributed by atoms with Gasteiger partial charge in [0.05, 0.1) is 6.04 Å². The number of benzene rings is 1. The van der Waals surface area contributed by atoms with Crippen LogP contribution in [-0.2, 0) is 16.1 Å². The largest absolute Gasteiger partial charge is 0.367 e. The van der Waals surface area contributed by atoms with Gasteiger partial charge in [0.15, 0.2) is 0 Å². The lowest BCUT2D eigenvalue weighted by atomic mass is 9.95. The fourth-order valence-electron chi connectivity index (χ4n) is 2.61. The Morgan fingerprint density at radius 2 is 2.19 bits per heavy atom. The summed E-state index contributed by atoms with van der Waals surface area (Å²) in [5.74, 6) is -0.217. The van der Waals surface area contributed by atoms with Crippen molar-refractivity contribution in [3.05, 3.63) is 56.7 Å². The van der Waals surface area contributed by atoms with E-state index >= 15 is 0 Å². The molecule has 0 amide bonds. The number of hydroxylamine groups is 2. The molecule has 5 heteroatoms. The summed E-state index contributed by atoms with van der Waals surface area (Å²) in [6, 6.07) is 9.71. The molecular formula is C16H16ClNO2S. The third-order valence-corrected chi connectivity index (χ3v) is 4.97. The summed E-state index contributed by atoms with van der Waals surface area (Å²) in [5, 5.41) is 4.54. The zero-order chi connectivity index (χ0) is 14.8. The second-order valence-electron chi connectivity index (χ2n) is 4.93. The van der Waals surface area contributed by atoms with Crippen molar-refractivity contribution in [1.29, 1.82) is 0 Å². The summed E-state index contributed by atoms with van der Waals surface area (Å²) in [4.78, 5) is 18.6. The van der Waals surface area contributed by atoms with Gasteiger partial charge in [-0.05, 0) is 35.1 Å². The second kappa shape index (κ2) is 6.18. The molecule has 0 saturated carbocycles. The Hall–Kier alpha value is -1.36. The van der Waals surface area contributed by atoms with Crippen LogP contribution in [0.2, 0.25) is 5.02 Å². The topological polar surface area (TPSA) is 29.5 Å². The Balaban J connectivity index is 2.02. The molecule has 1 atom stereocenters. The Bertz CT molecular complexity index is 655. The number of thiophene rings is 1. The molecule has 2 heterocycles. The third kappa shape index (κ3) is 2.84. The summed E-state index contributed by atoms with van der Waals surface area (Å²) in [7, 11) is 0. The maximum absolute atomic E-state index is 11.7. The van der Waals surface area contributed by atoms with Gasteiger partial charge in [0.25, 0.3) is 0 Å². The van der Waals surface area contributed by atoms with Gasteiger partial charge in [-0.1, -0.05) is 36.7 Å². The number of fused-ring (bicyclic) bond motifs is 1. The van der Waals surface area contributed by atoms with Crippen molar-refractivity contribution in [1.82, 2.24) is 5.06 Å². The molecule has 0 aliphatic carbocycles. The third-order valence-electron chi connectivity index (χ3n) is 3.63. The average molecular weight is 322 g/mol. The molecule has 0 N–H and O–H groups in total. The summed E-state index contributed by atoms with van der Waals surface area (Å²) in [5.41, 5.74) is 2.16. The Morgan fingerprint density at radius 1 is 1.38 bits per heavy atom. The Labute approximate surface area is 133 Å². The molecule has 3 rings (SSSR count). The van der Waals surface area contributed by atoms with E-state index in [2.05, 4.69) is 11.4 Å². The van der Waals surface area contributed by atoms with E-state index in [-0.39, 0.29) is 12.0 Å². The maximum Gasteiger partial charge on any atom is 0.324 e. The summed E-state index contributed by atoms with van der Waals surface area (Å²) in [6.07, 6.45) is 1.26. The van der Waals surface area contributed by atoms with Gasteiger partial charge in [-0.25, -0.2) is 0 Å². The van der Waals surface area contributed by atoms with E-state index in [9.17, 15) is 4.79 Å². The zero-order valence-corrected chi connectivity index (χ0v) is 13.3. The molecule has 1 aliphatic heterocycles. The monoisotopic (exact) mass is 321 g/mol. The van der Waals surface area contributed by atoms with Crippen molar-refractivity contribution in [2.75, 3.05) is 6.54 Å². The fourth-order valence-corrected chi connectivity index (χ4v) is 3.75. The molecule has 1 aliphatic rings. The van der Waals surface area contributed by atoms with Crippen molar-refractivity contribution in [3.8, 4) is 0 Å². The lowest BCUT2D eigenvalue weighted by molar-refractivity contribution is -0.200. The van der Waals surface area contributed by atoms with E-state index in [1.807, 2.05) is 24.3 Å². The first-order chi connectivity index (χ1) is 10.2. The Morgan fingerprint density at radius 3 is 2.95 bits per heavy atom.